The van der Waals surface area contributed by atoms with Crippen molar-refractivity contribution in [3.05, 3.63) is 70.5 Å². The first-order valence-electron chi connectivity index (χ1n) is 19.2. The number of sulfonamides is 1. The van der Waals surface area contributed by atoms with E-state index < -0.39 is 21.2 Å². The van der Waals surface area contributed by atoms with Crippen molar-refractivity contribution in [2.45, 2.75) is 102 Å². The van der Waals surface area contributed by atoms with Gasteiger partial charge in [-0.3, -0.25) is 14.3 Å². The SMILES string of the molecule is CCn1ncc(C(=O)N2C3CCC2CN(C)C3)c1C1=Cc2cc(OC)ccc2-c2c(C3CCCCC3)c3ccc(C(=O)NS(=O)(=O)C(C)C)cc3n2C1. The Morgan fingerprint density at radius 1 is 0.981 bits per heavy atom. The lowest BCUT2D eigenvalue weighted by molar-refractivity contribution is 0.0472. The van der Waals surface area contributed by atoms with Crippen LogP contribution >= 0.6 is 0 Å². The number of piperazine rings is 1. The van der Waals surface area contributed by atoms with Gasteiger partial charge in [0.1, 0.15) is 5.75 Å². The Morgan fingerprint density at radius 3 is 2.40 bits per heavy atom. The van der Waals surface area contributed by atoms with Gasteiger partial charge in [0.2, 0.25) is 10.0 Å². The number of ether oxygens (including phenoxy) is 1. The molecule has 2 unspecified atom stereocenters. The highest BCUT2D eigenvalue weighted by atomic mass is 32.2. The molecule has 2 aromatic carbocycles. The highest BCUT2D eigenvalue weighted by Gasteiger charge is 2.43. The molecule has 0 radical (unpaired) electrons. The van der Waals surface area contributed by atoms with Crippen LogP contribution in [0.1, 0.15) is 109 Å². The Morgan fingerprint density at radius 2 is 1.72 bits per heavy atom. The number of hydrogen-bond donors (Lipinski definition) is 1. The van der Waals surface area contributed by atoms with Crippen LogP contribution < -0.4 is 9.46 Å². The second kappa shape index (κ2) is 13.8. The fourth-order valence-electron chi connectivity index (χ4n) is 9.34. The highest BCUT2D eigenvalue weighted by Crippen LogP contribution is 2.48. The van der Waals surface area contributed by atoms with E-state index in [-0.39, 0.29) is 23.6 Å². The maximum absolute atomic E-state index is 14.6. The summed E-state index contributed by atoms with van der Waals surface area (Å²) in [6, 6.07) is 12.1. The zero-order chi connectivity index (χ0) is 37.2. The molecule has 4 aromatic rings. The first-order chi connectivity index (χ1) is 25.5. The van der Waals surface area contributed by atoms with E-state index in [2.05, 4.69) is 44.3 Å². The molecule has 0 spiro atoms. The molecule has 3 fully saturated rings. The highest BCUT2D eigenvalue weighted by molar-refractivity contribution is 7.90. The van der Waals surface area contributed by atoms with E-state index in [1.807, 2.05) is 29.8 Å². The van der Waals surface area contributed by atoms with Crippen molar-refractivity contribution in [2.75, 3.05) is 27.2 Å². The first-order valence-corrected chi connectivity index (χ1v) is 20.7. The monoisotopic (exact) mass is 738 g/mol. The van der Waals surface area contributed by atoms with Gasteiger partial charge in [-0.1, -0.05) is 25.3 Å². The predicted octanol–water partition coefficient (Wildman–Crippen LogP) is 6.52. The van der Waals surface area contributed by atoms with Crippen molar-refractivity contribution in [3.8, 4) is 17.0 Å². The molecule has 280 valence electrons. The number of amides is 2. The van der Waals surface area contributed by atoms with Gasteiger partial charge in [-0.25, -0.2) is 13.1 Å². The Kier molecular flexibility index (Phi) is 9.25. The third-order valence-corrected chi connectivity index (χ3v) is 13.7. The van der Waals surface area contributed by atoms with E-state index in [9.17, 15) is 18.0 Å². The zero-order valence-electron chi connectivity index (χ0n) is 31.4. The van der Waals surface area contributed by atoms with Gasteiger partial charge in [0, 0.05) is 53.7 Å². The zero-order valence-corrected chi connectivity index (χ0v) is 32.2. The summed E-state index contributed by atoms with van der Waals surface area (Å²) in [6.45, 7) is 7.90. The summed E-state index contributed by atoms with van der Waals surface area (Å²) < 4.78 is 37.8. The van der Waals surface area contributed by atoms with Gasteiger partial charge >= 0.3 is 0 Å². The van der Waals surface area contributed by atoms with Gasteiger partial charge in [0.05, 0.1) is 42.1 Å². The molecule has 12 heteroatoms. The summed E-state index contributed by atoms with van der Waals surface area (Å²) in [4.78, 5) is 32.6. The molecule has 8 rings (SSSR count). The number of nitrogens with zero attached hydrogens (tertiary/aromatic N) is 5. The van der Waals surface area contributed by atoms with Crippen LogP contribution in [0.3, 0.4) is 0 Å². The molecule has 1 N–H and O–H groups in total. The van der Waals surface area contributed by atoms with Crippen molar-refractivity contribution in [2.24, 2.45) is 0 Å². The van der Waals surface area contributed by atoms with E-state index in [0.717, 1.165) is 96.4 Å². The fourth-order valence-corrected chi connectivity index (χ4v) is 9.95. The van der Waals surface area contributed by atoms with Crippen molar-refractivity contribution in [1.29, 1.82) is 0 Å². The van der Waals surface area contributed by atoms with Crippen LogP contribution in [0.5, 0.6) is 5.75 Å². The lowest BCUT2D eigenvalue weighted by atomic mass is 9.81. The molecule has 2 atom stereocenters. The summed E-state index contributed by atoms with van der Waals surface area (Å²) in [5.74, 6) is 0.444. The summed E-state index contributed by atoms with van der Waals surface area (Å²) in [7, 11) is -0.0242. The molecule has 1 saturated carbocycles. The van der Waals surface area contributed by atoms with Gasteiger partial charge in [-0.05, 0) is 113 Å². The number of likely N-dealkylation sites (N-methyl/N-ethyl adjacent to an activating group) is 1. The molecular weight excluding hydrogens is 689 g/mol. The topological polar surface area (TPSA) is 119 Å². The average molecular weight is 739 g/mol. The van der Waals surface area contributed by atoms with Crippen molar-refractivity contribution < 1.29 is 22.7 Å². The molecule has 1 aliphatic carbocycles. The second-order valence-electron chi connectivity index (χ2n) is 15.6. The standard InChI is InChI=1S/C41H50N6O5S/c1-6-46-38(35(21-42-46)41(49)47-30-13-14-31(47)24-44(4)23-30)29-18-28-19-32(52-5)15-17-33(28)39-37(26-10-8-7-9-11-26)34-16-12-27(20-36(34)45(39)22-29)40(48)43-53(50,51)25(2)3/h12,15-21,25-26,30-31H,6-11,13-14,22-24H2,1-5H3,(H,43,48). The van der Waals surface area contributed by atoms with Gasteiger partial charge in [-0.2, -0.15) is 5.10 Å². The quantitative estimate of drug-likeness (QED) is 0.219. The maximum atomic E-state index is 14.6. The number of methoxy groups -OCH3 is 1. The molecule has 53 heavy (non-hydrogen) atoms. The van der Waals surface area contributed by atoms with E-state index >= 15 is 0 Å². The maximum Gasteiger partial charge on any atom is 0.264 e. The fraction of sp³-hybridized carbons (Fsp3) is 0.488. The number of hydrogen-bond acceptors (Lipinski definition) is 7. The summed E-state index contributed by atoms with van der Waals surface area (Å²) in [5.41, 5.74) is 7.88. The molecule has 4 aliphatic rings. The normalized spacial score (nSPS) is 20.6. The molecule has 2 saturated heterocycles. The number of allylic oxidation sites excluding steroid dienone is 1. The van der Waals surface area contributed by atoms with E-state index in [1.165, 1.54) is 12.0 Å². The summed E-state index contributed by atoms with van der Waals surface area (Å²) >= 11 is 0. The third-order valence-electron chi connectivity index (χ3n) is 12.0. The minimum absolute atomic E-state index is 0.0297. The van der Waals surface area contributed by atoms with Crippen LogP contribution in [0.15, 0.2) is 42.6 Å². The molecule has 5 heterocycles. The van der Waals surface area contributed by atoms with Crippen LogP contribution in [-0.4, -0.2) is 89.0 Å². The number of nitrogens with one attached hydrogen (secondary N) is 1. The van der Waals surface area contributed by atoms with Gasteiger partial charge in [-0.15, -0.1) is 0 Å². The Labute approximate surface area is 312 Å². The molecule has 11 nitrogen and oxygen atoms in total. The first kappa shape index (κ1) is 35.6. The van der Waals surface area contributed by atoms with Gasteiger partial charge in [0.15, 0.2) is 0 Å². The van der Waals surface area contributed by atoms with Crippen LogP contribution in [-0.2, 0) is 23.1 Å². The summed E-state index contributed by atoms with van der Waals surface area (Å²) in [5, 5.41) is 5.10. The number of fused-ring (bicyclic) bond motifs is 7. The lowest BCUT2D eigenvalue weighted by Crippen LogP contribution is -2.54. The molecule has 2 aromatic heterocycles. The average Bonchev–Trinajstić information content (AvgIpc) is 3.76. The van der Waals surface area contributed by atoms with Crippen LogP contribution in [0, 0.1) is 0 Å². The summed E-state index contributed by atoms with van der Waals surface area (Å²) in [6.07, 6.45) is 11.6. The van der Waals surface area contributed by atoms with Crippen LogP contribution in [0.25, 0.3) is 33.8 Å². The molecule has 2 amide bonds. The molecule has 3 aliphatic heterocycles. The van der Waals surface area contributed by atoms with Crippen molar-refractivity contribution >= 4 is 44.4 Å². The van der Waals surface area contributed by atoms with Crippen molar-refractivity contribution in [1.82, 2.24) is 28.9 Å². The van der Waals surface area contributed by atoms with E-state index in [0.29, 0.717) is 24.6 Å². The van der Waals surface area contributed by atoms with Crippen LogP contribution in [0.4, 0.5) is 0 Å². The number of benzene rings is 2. The third kappa shape index (κ3) is 6.17. The lowest BCUT2D eigenvalue weighted by Gasteiger charge is -2.39. The minimum atomic E-state index is -3.83. The minimum Gasteiger partial charge on any atom is -0.497 e. The number of aromatic nitrogens is 3. The number of likely N-dealkylation sites (tertiary alicyclic amines) is 1. The Balaban J connectivity index is 1.33. The van der Waals surface area contributed by atoms with Crippen LogP contribution in [0.2, 0.25) is 0 Å². The second-order valence-corrected chi connectivity index (χ2v) is 17.8. The van der Waals surface area contributed by atoms with Gasteiger partial charge in [0.25, 0.3) is 11.8 Å². The van der Waals surface area contributed by atoms with Crippen molar-refractivity contribution in [3.63, 3.8) is 0 Å². The van der Waals surface area contributed by atoms with Gasteiger partial charge < -0.3 is 19.1 Å². The number of rotatable bonds is 8. The molecular formula is C41H50N6O5S. The smallest absolute Gasteiger partial charge is 0.264 e. The number of carbonyl (C=O) groups excluding carboxylic acids is 2. The number of aryl methyl sites for hydroxylation is 1. The Hall–Kier alpha value is -4.42. The predicted molar refractivity (Wildman–Crippen MR) is 208 cm³/mol. The Bertz CT molecular complexity index is 2230. The van der Waals surface area contributed by atoms with E-state index in [1.54, 1.807) is 33.2 Å². The molecule has 2 bridgehead atoms. The van der Waals surface area contributed by atoms with E-state index in [4.69, 9.17) is 9.84 Å². The largest absolute Gasteiger partial charge is 0.497 e. The number of carbonyl (C=O) groups is 2.